The van der Waals surface area contributed by atoms with Crippen LogP contribution < -0.4 is 0 Å². The summed E-state index contributed by atoms with van der Waals surface area (Å²) in [6.07, 6.45) is 3.62. The Morgan fingerprint density at radius 1 is 1.10 bits per heavy atom. The van der Waals surface area contributed by atoms with Gasteiger partial charge in [0.15, 0.2) is 5.78 Å². The summed E-state index contributed by atoms with van der Waals surface area (Å²) in [6, 6.07) is 12.3. The van der Waals surface area contributed by atoms with Crippen molar-refractivity contribution in [2.24, 2.45) is 11.3 Å². The standard InChI is InChI=1S/C33H39F2N3O3/c1-20(2)33(34,35)19-38-28-12-8-7-11-27(28)36-29(38)15-26-25-14-23-10-6-5-9-22(23)13-24(25)16-32(30(26)39)17-37(18-32)31(40)41-21(3)4/h5-6,9-10,13-14,20-21,26H,7-8,11-12,15-19H2,1-4H3. The number of fused-ring (bicyclic) bond motifs is 3. The zero-order valence-electron chi connectivity index (χ0n) is 24.4. The second-order valence-corrected chi connectivity index (χ2v) is 12.9. The van der Waals surface area contributed by atoms with E-state index in [9.17, 15) is 9.59 Å². The number of ketones is 1. The van der Waals surface area contributed by atoms with Crippen LogP contribution in [0, 0.1) is 11.3 Å². The monoisotopic (exact) mass is 563 g/mol. The van der Waals surface area contributed by atoms with Crippen molar-refractivity contribution >= 4 is 22.6 Å². The number of hydrogen-bond donors (Lipinski definition) is 0. The summed E-state index contributed by atoms with van der Waals surface area (Å²) in [5, 5.41) is 2.14. The van der Waals surface area contributed by atoms with Crippen LogP contribution in [0.15, 0.2) is 36.4 Å². The van der Waals surface area contributed by atoms with Gasteiger partial charge in [0.2, 0.25) is 0 Å². The molecule has 6 rings (SSSR count). The predicted octanol–water partition coefficient (Wildman–Crippen LogP) is 6.50. The highest BCUT2D eigenvalue weighted by Crippen LogP contribution is 2.47. The van der Waals surface area contributed by atoms with Crippen LogP contribution in [-0.4, -0.2) is 51.4 Å². The van der Waals surface area contributed by atoms with Crippen molar-refractivity contribution in [2.75, 3.05) is 13.1 Å². The third-order valence-corrected chi connectivity index (χ3v) is 9.24. The SMILES string of the molecule is CC(C)OC(=O)N1CC2(Cc3cc4ccccc4cc3C(Cc3nc4c(n3CC(F)(F)C(C)C)CCCC4)C2=O)C1. The maximum atomic E-state index is 15.2. The molecule has 3 aromatic rings. The number of aromatic nitrogens is 2. The van der Waals surface area contributed by atoms with Gasteiger partial charge in [0.05, 0.1) is 29.7 Å². The molecule has 8 heteroatoms. The predicted molar refractivity (Wildman–Crippen MR) is 153 cm³/mol. The first-order valence-corrected chi connectivity index (χ1v) is 14.9. The van der Waals surface area contributed by atoms with Crippen LogP contribution in [0.25, 0.3) is 10.8 Å². The van der Waals surface area contributed by atoms with Gasteiger partial charge >= 0.3 is 6.09 Å². The second-order valence-electron chi connectivity index (χ2n) is 12.9. The zero-order chi connectivity index (χ0) is 29.1. The highest BCUT2D eigenvalue weighted by atomic mass is 19.3. The van der Waals surface area contributed by atoms with Crippen LogP contribution in [0.3, 0.4) is 0 Å². The summed E-state index contributed by atoms with van der Waals surface area (Å²) >= 11 is 0. The summed E-state index contributed by atoms with van der Waals surface area (Å²) < 4.78 is 37.4. The van der Waals surface area contributed by atoms with Gasteiger partial charge in [-0.3, -0.25) is 4.79 Å². The largest absolute Gasteiger partial charge is 0.447 e. The van der Waals surface area contributed by atoms with Gasteiger partial charge in [0.25, 0.3) is 5.92 Å². The summed E-state index contributed by atoms with van der Waals surface area (Å²) in [5.41, 5.74) is 3.12. The number of carbonyl (C=O) groups is 2. The van der Waals surface area contributed by atoms with Crippen molar-refractivity contribution in [2.45, 2.75) is 90.7 Å². The molecular weight excluding hydrogens is 524 g/mol. The molecule has 1 atom stereocenters. The van der Waals surface area contributed by atoms with E-state index in [-0.39, 0.29) is 18.3 Å². The topological polar surface area (TPSA) is 64.4 Å². The summed E-state index contributed by atoms with van der Waals surface area (Å²) in [6.45, 7) is 6.89. The molecule has 1 aromatic heterocycles. The number of amides is 1. The molecule has 2 heterocycles. The number of carbonyl (C=O) groups excluding carboxylic acids is 2. The first kappa shape index (κ1) is 27.9. The smallest absolute Gasteiger partial charge is 0.410 e. The summed E-state index contributed by atoms with van der Waals surface area (Å²) in [5.74, 6) is -3.59. The lowest BCUT2D eigenvalue weighted by molar-refractivity contribution is -0.140. The Kier molecular flexibility index (Phi) is 6.94. The molecular formula is C33H39F2N3O3. The van der Waals surface area contributed by atoms with E-state index in [4.69, 9.17) is 9.72 Å². The number of benzene rings is 2. The fraction of sp³-hybridized carbons (Fsp3) is 0.545. The van der Waals surface area contributed by atoms with Gasteiger partial charge in [-0.05, 0) is 67.9 Å². The minimum Gasteiger partial charge on any atom is -0.447 e. The van der Waals surface area contributed by atoms with E-state index in [0.717, 1.165) is 59.0 Å². The number of Topliss-reactive ketones (excluding diaryl/α,β-unsaturated/α-hetero) is 1. The molecule has 1 spiro atoms. The van der Waals surface area contributed by atoms with Gasteiger partial charge in [-0.2, -0.15) is 0 Å². The van der Waals surface area contributed by atoms with Crippen molar-refractivity contribution < 1.29 is 23.1 Å². The number of likely N-dealkylation sites (tertiary alicyclic amines) is 1. The van der Waals surface area contributed by atoms with Crippen LogP contribution in [0.2, 0.25) is 0 Å². The molecule has 1 unspecified atom stereocenters. The van der Waals surface area contributed by atoms with Gasteiger partial charge in [-0.15, -0.1) is 0 Å². The number of rotatable bonds is 6. The first-order chi connectivity index (χ1) is 19.5. The van der Waals surface area contributed by atoms with Gasteiger partial charge in [-0.1, -0.05) is 50.2 Å². The van der Waals surface area contributed by atoms with Crippen molar-refractivity contribution in [3.8, 4) is 0 Å². The van der Waals surface area contributed by atoms with Crippen LogP contribution in [0.1, 0.15) is 74.8 Å². The van der Waals surface area contributed by atoms with E-state index in [0.29, 0.717) is 25.3 Å². The molecule has 1 aliphatic heterocycles. The third kappa shape index (κ3) is 4.93. The molecule has 0 N–H and O–H groups in total. The maximum Gasteiger partial charge on any atom is 0.410 e. The van der Waals surface area contributed by atoms with E-state index in [2.05, 4.69) is 18.2 Å². The number of aryl methyl sites for hydroxylation is 1. The Hall–Kier alpha value is -3.29. The third-order valence-electron chi connectivity index (χ3n) is 9.24. The van der Waals surface area contributed by atoms with Crippen LogP contribution in [-0.2, 0) is 41.8 Å². The van der Waals surface area contributed by atoms with Crippen LogP contribution in [0.5, 0.6) is 0 Å². The molecule has 2 aromatic carbocycles. The Morgan fingerprint density at radius 3 is 2.46 bits per heavy atom. The minimum atomic E-state index is -2.89. The molecule has 1 fully saturated rings. The Bertz CT molecular complexity index is 1500. The highest BCUT2D eigenvalue weighted by Gasteiger charge is 2.56. The lowest BCUT2D eigenvalue weighted by Crippen LogP contribution is -2.65. The molecule has 1 saturated heterocycles. The molecule has 41 heavy (non-hydrogen) atoms. The first-order valence-electron chi connectivity index (χ1n) is 14.9. The number of ether oxygens (including phenoxy) is 1. The molecule has 6 nitrogen and oxygen atoms in total. The summed E-state index contributed by atoms with van der Waals surface area (Å²) in [4.78, 5) is 33.5. The molecule has 2 aliphatic carbocycles. The Labute approximate surface area is 240 Å². The Morgan fingerprint density at radius 2 is 1.78 bits per heavy atom. The number of halogens is 2. The maximum absolute atomic E-state index is 15.2. The molecule has 0 radical (unpaired) electrons. The van der Waals surface area contributed by atoms with Gasteiger partial charge in [0.1, 0.15) is 5.82 Å². The molecule has 3 aliphatic rings. The van der Waals surface area contributed by atoms with Crippen molar-refractivity contribution in [1.82, 2.24) is 14.5 Å². The zero-order valence-corrected chi connectivity index (χ0v) is 24.4. The Balaban J connectivity index is 1.40. The van der Waals surface area contributed by atoms with E-state index < -0.39 is 35.8 Å². The molecule has 0 bridgehead atoms. The quantitative estimate of drug-likeness (QED) is 0.343. The van der Waals surface area contributed by atoms with Gasteiger partial charge < -0.3 is 14.2 Å². The van der Waals surface area contributed by atoms with Crippen LogP contribution in [0.4, 0.5) is 13.6 Å². The minimum absolute atomic E-state index is 0.0667. The van der Waals surface area contributed by atoms with Gasteiger partial charge in [-0.25, -0.2) is 18.6 Å². The second kappa shape index (κ2) is 10.2. The fourth-order valence-electron chi connectivity index (χ4n) is 6.88. The molecule has 1 amide bonds. The fourth-order valence-corrected chi connectivity index (χ4v) is 6.88. The normalized spacial score (nSPS) is 20.0. The highest BCUT2D eigenvalue weighted by molar-refractivity contribution is 5.98. The van der Waals surface area contributed by atoms with Crippen molar-refractivity contribution in [3.05, 3.63) is 64.7 Å². The van der Waals surface area contributed by atoms with Crippen LogP contribution >= 0.6 is 0 Å². The number of alkyl halides is 2. The van der Waals surface area contributed by atoms with E-state index in [1.54, 1.807) is 37.2 Å². The lowest BCUT2D eigenvalue weighted by atomic mass is 9.61. The average Bonchev–Trinajstić information content (AvgIpc) is 3.23. The molecule has 218 valence electrons. The van der Waals surface area contributed by atoms with Crippen molar-refractivity contribution in [3.63, 3.8) is 0 Å². The number of hydrogen-bond acceptors (Lipinski definition) is 4. The van der Waals surface area contributed by atoms with E-state index in [1.165, 1.54) is 0 Å². The lowest BCUT2D eigenvalue weighted by Gasteiger charge is -2.52. The van der Waals surface area contributed by atoms with E-state index in [1.807, 2.05) is 18.2 Å². The van der Waals surface area contributed by atoms with E-state index >= 15 is 8.78 Å². The number of nitrogens with zero attached hydrogens (tertiary/aromatic N) is 3. The van der Waals surface area contributed by atoms with Gasteiger partial charge in [0, 0.05) is 31.1 Å². The van der Waals surface area contributed by atoms with Crippen molar-refractivity contribution in [1.29, 1.82) is 0 Å². The summed E-state index contributed by atoms with van der Waals surface area (Å²) in [7, 11) is 0. The number of imidazole rings is 1. The average molecular weight is 564 g/mol. The molecule has 0 saturated carbocycles.